The summed E-state index contributed by atoms with van der Waals surface area (Å²) in [6.45, 7) is 6.12. The Morgan fingerprint density at radius 2 is 1.93 bits per heavy atom. The zero-order chi connectivity index (χ0) is 19.2. The SMILES string of the molecule is CCC(C)Cn1c(CCCNC(=O)c2ccc(Br)cc2)nc2ccccc21. The van der Waals surface area contributed by atoms with Crippen molar-refractivity contribution in [2.75, 3.05) is 6.54 Å². The number of amides is 1. The molecule has 1 atom stereocenters. The van der Waals surface area contributed by atoms with Crippen LogP contribution in [0.2, 0.25) is 0 Å². The second-order valence-electron chi connectivity index (χ2n) is 7.01. The van der Waals surface area contributed by atoms with Gasteiger partial charge >= 0.3 is 0 Å². The Morgan fingerprint density at radius 3 is 2.67 bits per heavy atom. The number of rotatable bonds is 8. The first-order chi connectivity index (χ1) is 13.1. The predicted molar refractivity (Wildman–Crippen MR) is 114 cm³/mol. The Morgan fingerprint density at radius 1 is 1.19 bits per heavy atom. The molecule has 0 radical (unpaired) electrons. The number of aryl methyl sites for hydroxylation is 1. The maximum atomic E-state index is 12.2. The van der Waals surface area contributed by atoms with Gasteiger partial charge in [0.05, 0.1) is 11.0 Å². The molecule has 0 fully saturated rings. The molecule has 4 nitrogen and oxygen atoms in total. The van der Waals surface area contributed by atoms with Crippen molar-refractivity contribution in [2.24, 2.45) is 5.92 Å². The minimum absolute atomic E-state index is 0.0318. The fraction of sp³-hybridized carbons (Fsp3) is 0.364. The normalized spacial score (nSPS) is 12.3. The third-order valence-corrected chi connectivity index (χ3v) is 5.42. The minimum atomic E-state index is -0.0318. The van der Waals surface area contributed by atoms with Gasteiger partial charge in [-0.3, -0.25) is 4.79 Å². The minimum Gasteiger partial charge on any atom is -0.352 e. The number of carbonyl (C=O) groups excluding carboxylic acids is 1. The smallest absolute Gasteiger partial charge is 0.251 e. The van der Waals surface area contributed by atoms with Gasteiger partial charge in [-0.25, -0.2) is 4.98 Å². The molecule has 0 aliphatic rings. The third kappa shape index (κ3) is 4.98. The molecule has 0 bridgehead atoms. The summed E-state index contributed by atoms with van der Waals surface area (Å²) in [7, 11) is 0. The topological polar surface area (TPSA) is 46.9 Å². The zero-order valence-electron chi connectivity index (χ0n) is 15.9. The standard InChI is InChI=1S/C22H26BrN3O/c1-3-16(2)15-26-20-8-5-4-7-19(20)25-21(26)9-6-14-24-22(27)17-10-12-18(23)13-11-17/h4-5,7-8,10-13,16H,3,6,9,14-15H2,1-2H3,(H,24,27). The number of nitrogens with one attached hydrogen (secondary N) is 1. The van der Waals surface area contributed by atoms with Crippen molar-refractivity contribution >= 4 is 32.9 Å². The van der Waals surface area contributed by atoms with E-state index in [4.69, 9.17) is 4.98 Å². The monoisotopic (exact) mass is 427 g/mol. The zero-order valence-corrected chi connectivity index (χ0v) is 17.5. The van der Waals surface area contributed by atoms with Gasteiger partial charge in [-0.05, 0) is 48.7 Å². The van der Waals surface area contributed by atoms with E-state index >= 15 is 0 Å². The molecule has 1 N–H and O–H groups in total. The average molecular weight is 428 g/mol. The molecule has 0 spiro atoms. The molecule has 1 unspecified atom stereocenters. The molecule has 2 aromatic carbocycles. The van der Waals surface area contributed by atoms with Crippen molar-refractivity contribution in [3.05, 3.63) is 64.4 Å². The summed E-state index contributed by atoms with van der Waals surface area (Å²) in [5, 5.41) is 3.00. The number of hydrogen-bond acceptors (Lipinski definition) is 2. The predicted octanol–water partition coefficient (Wildman–Crippen LogP) is 5.21. The summed E-state index contributed by atoms with van der Waals surface area (Å²) in [6.07, 6.45) is 2.87. The Kier molecular flexibility index (Phi) is 6.67. The van der Waals surface area contributed by atoms with Crippen LogP contribution in [0, 0.1) is 5.92 Å². The second-order valence-corrected chi connectivity index (χ2v) is 7.92. The molecule has 5 heteroatoms. The number of aromatic nitrogens is 2. The molecule has 3 aromatic rings. The molecule has 0 aliphatic carbocycles. The van der Waals surface area contributed by atoms with Gasteiger partial charge in [0.15, 0.2) is 0 Å². The van der Waals surface area contributed by atoms with Crippen molar-refractivity contribution in [1.29, 1.82) is 0 Å². The average Bonchev–Trinajstić information content (AvgIpc) is 3.03. The van der Waals surface area contributed by atoms with E-state index in [-0.39, 0.29) is 5.91 Å². The highest BCUT2D eigenvalue weighted by Crippen LogP contribution is 2.19. The van der Waals surface area contributed by atoms with E-state index in [1.165, 1.54) is 5.52 Å². The van der Waals surface area contributed by atoms with Crippen LogP contribution < -0.4 is 5.32 Å². The van der Waals surface area contributed by atoms with Crippen LogP contribution in [0.1, 0.15) is 42.9 Å². The van der Waals surface area contributed by atoms with Gasteiger partial charge in [0.25, 0.3) is 5.91 Å². The number of carbonyl (C=O) groups is 1. The van der Waals surface area contributed by atoms with Gasteiger partial charge in [-0.1, -0.05) is 48.3 Å². The fourth-order valence-corrected chi connectivity index (χ4v) is 3.38. The van der Waals surface area contributed by atoms with Gasteiger partial charge in [0.2, 0.25) is 0 Å². The Bertz CT molecular complexity index is 902. The summed E-state index contributed by atoms with van der Waals surface area (Å²) in [5.74, 6) is 1.68. The highest BCUT2D eigenvalue weighted by atomic mass is 79.9. The van der Waals surface area contributed by atoms with E-state index in [1.54, 1.807) is 0 Å². The maximum Gasteiger partial charge on any atom is 0.251 e. The highest BCUT2D eigenvalue weighted by Gasteiger charge is 2.12. The summed E-state index contributed by atoms with van der Waals surface area (Å²) in [6, 6.07) is 15.7. The number of para-hydroxylation sites is 2. The van der Waals surface area contributed by atoms with E-state index in [1.807, 2.05) is 30.3 Å². The molecule has 1 aromatic heterocycles. The third-order valence-electron chi connectivity index (χ3n) is 4.89. The summed E-state index contributed by atoms with van der Waals surface area (Å²) in [5.41, 5.74) is 2.93. The second kappa shape index (κ2) is 9.18. The van der Waals surface area contributed by atoms with Gasteiger partial charge in [0.1, 0.15) is 5.82 Å². The van der Waals surface area contributed by atoms with Gasteiger partial charge in [0, 0.05) is 29.5 Å². The molecule has 0 saturated carbocycles. The van der Waals surface area contributed by atoms with Crippen LogP contribution in [0.5, 0.6) is 0 Å². The van der Waals surface area contributed by atoms with E-state index in [0.29, 0.717) is 18.0 Å². The molecule has 27 heavy (non-hydrogen) atoms. The van der Waals surface area contributed by atoms with Crippen molar-refractivity contribution in [3.63, 3.8) is 0 Å². The summed E-state index contributed by atoms with van der Waals surface area (Å²) < 4.78 is 3.32. The molecule has 142 valence electrons. The summed E-state index contributed by atoms with van der Waals surface area (Å²) in [4.78, 5) is 17.0. The van der Waals surface area contributed by atoms with E-state index in [9.17, 15) is 4.79 Å². The van der Waals surface area contributed by atoms with Crippen LogP contribution in [-0.2, 0) is 13.0 Å². The van der Waals surface area contributed by atoms with Crippen LogP contribution in [0.4, 0.5) is 0 Å². The summed E-state index contributed by atoms with van der Waals surface area (Å²) >= 11 is 3.39. The molecule has 0 aliphatic heterocycles. The van der Waals surface area contributed by atoms with Crippen molar-refractivity contribution < 1.29 is 4.79 Å². The molecular weight excluding hydrogens is 402 g/mol. The maximum absolute atomic E-state index is 12.2. The first-order valence-corrected chi connectivity index (χ1v) is 10.4. The Labute approximate surface area is 169 Å². The van der Waals surface area contributed by atoms with Crippen LogP contribution in [0.25, 0.3) is 11.0 Å². The lowest BCUT2D eigenvalue weighted by molar-refractivity contribution is 0.0953. The highest BCUT2D eigenvalue weighted by molar-refractivity contribution is 9.10. The molecule has 1 heterocycles. The van der Waals surface area contributed by atoms with Gasteiger partial charge in [-0.2, -0.15) is 0 Å². The van der Waals surface area contributed by atoms with Crippen molar-refractivity contribution in [1.82, 2.24) is 14.9 Å². The molecule has 3 rings (SSSR count). The van der Waals surface area contributed by atoms with Crippen LogP contribution in [0.15, 0.2) is 53.0 Å². The number of halogens is 1. The largest absolute Gasteiger partial charge is 0.352 e. The molecular formula is C22H26BrN3O. The number of hydrogen-bond donors (Lipinski definition) is 1. The van der Waals surface area contributed by atoms with Crippen LogP contribution >= 0.6 is 15.9 Å². The lowest BCUT2D eigenvalue weighted by atomic mass is 10.1. The van der Waals surface area contributed by atoms with Gasteiger partial charge < -0.3 is 9.88 Å². The lowest BCUT2D eigenvalue weighted by Crippen LogP contribution is -2.25. The first-order valence-electron chi connectivity index (χ1n) is 9.56. The van der Waals surface area contributed by atoms with Crippen molar-refractivity contribution in [2.45, 2.75) is 39.7 Å². The van der Waals surface area contributed by atoms with Crippen LogP contribution in [-0.4, -0.2) is 22.0 Å². The first kappa shape index (κ1) is 19.6. The number of benzene rings is 2. The Balaban J connectivity index is 1.62. The van der Waals surface area contributed by atoms with Crippen molar-refractivity contribution in [3.8, 4) is 0 Å². The molecule has 0 saturated heterocycles. The lowest BCUT2D eigenvalue weighted by Gasteiger charge is -2.14. The van der Waals surface area contributed by atoms with Gasteiger partial charge in [-0.15, -0.1) is 0 Å². The van der Waals surface area contributed by atoms with E-state index in [2.05, 4.69) is 57.9 Å². The van der Waals surface area contributed by atoms with E-state index < -0.39 is 0 Å². The Hall–Kier alpha value is -2.14. The fourth-order valence-electron chi connectivity index (χ4n) is 3.11. The number of nitrogens with zero attached hydrogens (tertiary/aromatic N) is 2. The number of fused-ring (bicyclic) bond motifs is 1. The van der Waals surface area contributed by atoms with Crippen LogP contribution in [0.3, 0.4) is 0 Å². The van der Waals surface area contributed by atoms with E-state index in [0.717, 1.165) is 41.6 Å². The number of imidazole rings is 1. The molecule has 1 amide bonds. The quantitative estimate of drug-likeness (QED) is 0.501.